The van der Waals surface area contributed by atoms with Crippen molar-refractivity contribution in [2.45, 2.75) is 57.6 Å². The Labute approximate surface area is 106 Å². The lowest BCUT2D eigenvalue weighted by atomic mass is 9.65. The van der Waals surface area contributed by atoms with Gasteiger partial charge in [-0.15, -0.1) is 0 Å². The van der Waals surface area contributed by atoms with Crippen molar-refractivity contribution < 1.29 is 19.4 Å². The van der Waals surface area contributed by atoms with E-state index in [0.717, 1.165) is 5.01 Å². The van der Waals surface area contributed by atoms with Crippen LogP contribution < -0.4 is 5.84 Å². The zero-order chi connectivity index (χ0) is 13.8. The molecule has 0 atom stereocenters. The molecule has 18 heavy (non-hydrogen) atoms. The minimum atomic E-state index is -0.784. The second-order valence-electron chi connectivity index (χ2n) is 6.51. The first-order valence-electron chi connectivity index (χ1n) is 6.12. The summed E-state index contributed by atoms with van der Waals surface area (Å²) in [7, 11) is 0. The number of carboxylic acids is 1. The van der Waals surface area contributed by atoms with Gasteiger partial charge >= 0.3 is 12.1 Å². The first-order chi connectivity index (χ1) is 8.10. The van der Waals surface area contributed by atoms with Crippen LogP contribution in [0.15, 0.2) is 0 Å². The number of hydrazine groups is 1. The molecule has 3 aliphatic rings. The minimum Gasteiger partial charge on any atom is -0.481 e. The van der Waals surface area contributed by atoms with Gasteiger partial charge in [-0.1, -0.05) is 0 Å². The number of fused-ring (bicyclic) bond motifs is 1. The van der Waals surface area contributed by atoms with Crippen LogP contribution in [0.25, 0.3) is 0 Å². The molecule has 0 radical (unpaired) electrons. The number of aliphatic carboxylic acids is 1. The van der Waals surface area contributed by atoms with Crippen molar-refractivity contribution in [3.63, 3.8) is 0 Å². The van der Waals surface area contributed by atoms with Crippen LogP contribution in [-0.2, 0) is 9.53 Å². The van der Waals surface area contributed by atoms with E-state index in [0.29, 0.717) is 25.7 Å². The average molecular weight is 256 g/mol. The summed E-state index contributed by atoms with van der Waals surface area (Å²) in [4.78, 5) is 23.0. The molecule has 3 rings (SSSR count). The molecule has 0 aromatic carbocycles. The molecular weight excluding hydrogens is 236 g/mol. The average Bonchev–Trinajstić information content (AvgIpc) is 2.68. The molecular formula is C12H20N2O4. The van der Waals surface area contributed by atoms with Gasteiger partial charge in [0.15, 0.2) is 0 Å². The van der Waals surface area contributed by atoms with E-state index in [1.807, 2.05) is 0 Å². The van der Waals surface area contributed by atoms with E-state index in [9.17, 15) is 9.59 Å². The number of carbonyl (C=O) groups is 2. The zero-order valence-electron chi connectivity index (χ0n) is 11.0. The molecule has 3 aliphatic carbocycles. The van der Waals surface area contributed by atoms with Gasteiger partial charge in [-0.2, -0.15) is 0 Å². The van der Waals surface area contributed by atoms with E-state index in [-0.39, 0.29) is 0 Å². The predicted molar refractivity (Wildman–Crippen MR) is 63.5 cm³/mol. The van der Waals surface area contributed by atoms with Gasteiger partial charge in [0.05, 0.1) is 11.0 Å². The summed E-state index contributed by atoms with van der Waals surface area (Å²) >= 11 is 0. The van der Waals surface area contributed by atoms with E-state index < -0.39 is 28.6 Å². The highest BCUT2D eigenvalue weighted by atomic mass is 16.6. The van der Waals surface area contributed by atoms with Gasteiger partial charge < -0.3 is 9.84 Å². The lowest BCUT2D eigenvalue weighted by molar-refractivity contribution is -0.158. The fourth-order valence-electron chi connectivity index (χ4n) is 3.09. The standard InChI is InChI=1S/C12H20N2O4/c1-10(2,3)18-9(17)14(13)12-5-4-11(6-12,7-12)8(15)16/h4-7,13H2,1-3H3,(H,15,16). The SMILES string of the molecule is CC(C)(C)OC(=O)N(N)C12CCC(C(=O)O)(C1)C2. The molecule has 3 N–H and O–H groups in total. The van der Waals surface area contributed by atoms with Crippen molar-refractivity contribution in [3.05, 3.63) is 0 Å². The molecule has 0 spiro atoms. The quantitative estimate of drug-likeness (QED) is 0.443. The van der Waals surface area contributed by atoms with Crippen LogP contribution in [0.5, 0.6) is 0 Å². The van der Waals surface area contributed by atoms with Gasteiger partial charge in [0.25, 0.3) is 0 Å². The summed E-state index contributed by atoms with van der Waals surface area (Å²) in [6.45, 7) is 5.31. The molecule has 0 aromatic heterocycles. The summed E-state index contributed by atoms with van der Waals surface area (Å²) in [5.41, 5.74) is -1.78. The minimum absolute atomic E-state index is 0.436. The van der Waals surface area contributed by atoms with Crippen LogP contribution >= 0.6 is 0 Å². The number of ether oxygens (including phenoxy) is 1. The van der Waals surface area contributed by atoms with Crippen molar-refractivity contribution in [1.82, 2.24) is 5.01 Å². The maximum absolute atomic E-state index is 11.9. The predicted octanol–water partition coefficient (Wildman–Crippen LogP) is 1.49. The highest BCUT2D eigenvalue weighted by molar-refractivity contribution is 5.79. The van der Waals surface area contributed by atoms with Crippen LogP contribution in [0.4, 0.5) is 4.79 Å². The number of carbonyl (C=O) groups excluding carboxylic acids is 1. The fraction of sp³-hybridized carbons (Fsp3) is 0.833. The smallest absolute Gasteiger partial charge is 0.425 e. The topological polar surface area (TPSA) is 92.9 Å². The largest absolute Gasteiger partial charge is 0.481 e. The molecule has 0 unspecified atom stereocenters. The van der Waals surface area contributed by atoms with Crippen molar-refractivity contribution in [2.75, 3.05) is 0 Å². The zero-order valence-corrected chi connectivity index (χ0v) is 11.0. The van der Waals surface area contributed by atoms with Crippen LogP contribution in [0.3, 0.4) is 0 Å². The lowest BCUT2D eigenvalue weighted by Crippen LogP contribution is -2.63. The Morgan fingerprint density at radius 1 is 1.28 bits per heavy atom. The Balaban J connectivity index is 2.03. The molecule has 1 amide bonds. The number of hydrogen-bond acceptors (Lipinski definition) is 4. The second kappa shape index (κ2) is 3.60. The summed E-state index contributed by atoms with van der Waals surface area (Å²) in [5, 5.41) is 10.3. The Hall–Kier alpha value is -1.30. The van der Waals surface area contributed by atoms with Gasteiger partial charge in [-0.3, -0.25) is 4.79 Å². The second-order valence-corrected chi connectivity index (χ2v) is 6.51. The molecule has 0 aromatic rings. The van der Waals surface area contributed by atoms with E-state index in [2.05, 4.69) is 0 Å². The molecule has 0 heterocycles. The first-order valence-corrected chi connectivity index (χ1v) is 6.12. The fourth-order valence-corrected chi connectivity index (χ4v) is 3.09. The Morgan fingerprint density at radius 2 is 1.83 bits per heavy atom. The highest BCUT2D eigenvalue weighted by Crippen LogP contribution is 2.63. The summed E-state index contributed by atoms with van der Waals surface area (Å²) < 4.78 is 5.21. The van der Waals surface area contributed by atoms with Crippen LogP contribution in [-0.4, -0.2) is 33.3 Å². The third kappa shape index (κ3) is 1.84. The molecule has 0 aliphatic heterocycles. The van der Waals surface area contributed by atoms with E-state index >= 15 is 0 Å². The van der Waals surface area contributed by atoms with Crippen molar-refractivity contribution in [2.24, 2.45) is 11.3 Å². The Kier molecular flexibility index (Phi) is 2.63. The molecule has 6 heteroatoms. The van der Waals surface area contributed by atoms with Gasteiger partial charge in [-0.25, -0.2) is 15.6 Å². The molecule has 3 saturated carbocycles. The van der Waals surface area contributed by atoms with Crippen LogP contribution in [0.2, 0.25) is 0 Å². The van der Waals surface area contributed by atoms with Gasteiger partial charge in [0.1, 0.15) is 5.60 Å². The van der Waals surface area contributed by atoms with Crippen molar-refractivity contribution in [3.8, 4) is 0 Å². The van der Waals surface area contributed by atoms with Crippen molar-refractivity contribution in [1.29, 1.82) is 0 Å². The molecule has 0 saturated heterocycles. The summed E-state index contributed by atoms with van der Waals surface area (Å²) in [6, 6.07) is 0. The summed E-state index contributed by atoms with van der Waals surface area (Å²) in [6.07, 6.45) is 1.51. The number of nitrogens with two attached hydrogens (primary N) is 1. The van der Waals surface area contributed by atoms with Gasteiger partial charge in [0.2, 0.25) is 0 Å². The third-order valence-corrected chi connectivity index (χ3v) is 3.96. The van der Waals surface area contributed by atoms with E-state index in [1.165, 1.54) is 0 Å². The molecule has 2 bridgehead atoms. The monoisotopic (exact) mass is 256 g/mol. The number of rotatable bonds is 2. The van der Waals surface area contributed by atoms with Crippen LogP contribution in [0.1, 0.15) is 46.5 Å². The van der Waals surface area contributed by atoms with E-state index in [1.54, 1.807) is 20.8 Å². The summed E-state index contributed by atoms with van der Waals surface area (Å²) in [5.74, 6) is 5.04. The van der Waals surface area contributed by atoms with Gasteiger partial charge in [-0.05, 0) is 46.5 Å². The molecule has 102 valence electrons. The van der Waals surface area contributed by atoms with Crippen LogP contribution in [0, 0.1) is 5.41 Å². The lowest BCUT2D eigenvalue weighted by Gasteiger charge is -2.48. The third-order valence-electron chi connectivity index (χ3n) is 3.96. The molecule has 6 nitrogen and oxygen atoms in total. The highest BCUT2D eigenvalue weighted by Gasteiger charge is 2.68. The van der Waals surface area contributed by atoms with Gasteiger partial charge in [0, 0.05) is 0 Å². The van der Waals surface area contributed by atoms with Crippen molar-refractivity contribution >= 4 is 12.1 Å². The normalized spacial score (nSPS) is 33.8. The number of hydrogen-bond donors (Lipinski definition) is 2. The molecule has 3 fully saturated rings. The first kappa shape index (κ1) is 13.1. The van der Waals surface area contributed by atoms with E-state index in [4.69, 9.17) is 15.7 Å². The Morgan fingerprint density at radius 3 is 2.22 bits per heavy atom. The number of carboxylic acid groups (broad SMARTS) is 1. The maximum atomic E-state index is 11.9. The Bertz CT molecular complexity index is 393. The maximum Gasteiger partial charge on any atom is 0.425 e. The number of amides is 1. The number of nitrogens with zero attached hydrogens (tertiary/aromatic N) is 1.